The number of rotatable bonds is 9. The monoisotopic (exact) mass is 562 g/mol. The van der Waals surface area contributed by atoms with Gasteiger partial charge >= 0.3 is 5.97 Å². The Hall–Kier alpha value is -3.89. The highest BCUT2D eigenvalue weighted by Crippen LogP contribution is 2.34. The molecular weight excluding hydrogens is 530 g/mol. The molecule has 0 radical (unpaired) electrons. The van der Waals surface area contributed by atoms with Gasteiger partial charge in [0.2, 0.25) is 5.88 Å². The summed E-state index contributed by atoms with van der Waals surface area (Å²) in [6.07, 6.45) is 2.90. The Bertz CT molecular complexity index is 1560. The summed E-state index contributed by atoms with van der Waals surface area (Å²) >= 11 is 0. The number of hydrogen-bond acceptors (Lipinski definition) is 6. The van der Waals surface area contributed by atoms with E-state index in [1.165, 1.54) is 12.1 Å². The van der Waals surface area contributed by atoms with Crippen LogP contribution in [0.1, 0.15) is 65.6 Å². The van der Waals surface area contributed by atoms with Crippen LogP contribution in [-0.4, -0.2) is 56.3 Å². The number of aromatic nitrogens is 3. The molecule has 2 aromatic carbocycles. The summed E-state index contributed by atoms with van der Waals surface area (Å²) in [5.74, 6) is -0.637. The van der Waals surface area contributed by atoms with E-state index in [0.717, 1.165) is 67.6 Å². The number of carboxylic acid groups (broad SMARTS) is 1. The smallest absolute Gasteiger partial charge is 0.335 e. The van der Waals surface area contributed by atoms with E-state index >= 15 is 0 Å². The molecular formula is C31H32F2N4O4. The van der Waals surface area contributed by atoms with Crippen molar-refractivity contribution in [3.63, 3.8) is 0 Å². The third kappa shape index (κ3) is 5.80. The molecule has 2 fully saturated rings. The first-order valence-corrected chi connectivity index (χ1v) is 14.0. The summed E-state index contributed by atoms with van der Waals surface area (Å²) < 4.78 is 40.8. The summed E-state index contributed by atoms with van der Waals surface area (Å²) in [4.78, 5) is 23.7. The summed E-state index contributed by atoms with van der Waals surface area (Å²) in [7, 11) is 0. The Balaban J connectivity index is 1.14. The minimum atomic E-state index is -0.957. The van der Waals surface area contributed by atoms with Gasteiger partial charge in [-0.1, -0.05) is 6.07 Å². The quantitative estimate of drug-likeness (QED) is 0.279. The van der Waals surface area contributed by atoms with Crippen molar-refractivity contribution in [2.24, 2.45) is 0 Å². The minimum absolute atomic E-state index is 0.0284. The van der Waals surface area contributed by atoms with Gasteiger partial charge in [-0.3, -0.25) is 4.90 Å². The molecule has 214 valence electrons. The molecule has 2 aliphatic rings. The topological polar surface area (TPSA) is 89.7 Å². The molecule has 8 nitrogen and oxygen atoms in total. The van der Waals surface area contributed by atoms with Gasteiger partial charge in [0.15, 0.2) is 0 Å². The van der Waals surface area contributed by atoms with Crippen LogP contribution >= 0.6 is 0 Å². The molecule has 1 N–H and O–H groups in total. The molecule has 2 saturated heterocycles. The van der Waals surface area contributed by atoms with Crippen molar-refractivity contribution in [3.8, 4) is 5.88 Å². The van der Waals surface area contributed by atoms with Crippen LogP contribution in [0.25, 0.3) is 11.0 Å². The Morgan fingerprint density at radius 2 is 1.90 bits per heavy atom. The second-order valence-corrected chi connectivity index (χ2v) is 10.8. The van der Waals surface area contributed by atoms with E-state index in [9.17, 15) is 18.7 Å². The van der Waals surface area contributed by atoms with Crippen LogP contribution in [0.5, 0.6) is 5.88 Å². The number of benzene rings is 2. The van der Waals surface area contributed by atoms with Crippen LogP contribution in [-0.2, 0) is 17.9 Å². The molecule has 4 aromatic rings. The second-order valence-electron chi connectivity index (χ2n) is 10.8. The zero-order valence-corrected chi connectivity index (χ0v) is 22.8. The number of carboxylic acids is 1. The van der Waals surface area contributed by atoms with Crippen molar-refractivity contribution in [3.05, 3.63) is 88.9 Å². The molecule has 0 spiro atoms. The van der Waals surface area contributed by atoms with Gasteiger partial charge in [-0.2, -0.15) is 0 Å². The maximum absolute atomic E-state index is 14.0. The number of halogens is 2. The highest BCUT2D eigenvalue weighted by atomic mass is 19.1. The van der Waals surface area contributed by atoms with E-state index < -0.39 is 17.6 Å². The highest BCUT2D eigenvalue weighted by Gasteiger charge is 2.30. The first kappa shape index (κ1) is 27.3. The number of likely N-dealkylation sites (tertiary alicyclic amines) is 1. The number of nitrogens with zero attached hydrogens (tertiary/aromatic N) is 4. The van der Waals surface area contributed by atoms with Gasteiger partial charge in [0.1, 0.15) is 24.1 Å². The largest absolute Gasteiger partial charge is 0.478 e. The lowest BCUT2D eigenvalue weighted by atomic mass is 9.92. The number of hydrogen-bond donors (Lipinski definition) is 1. The number of carbonyl (C=O) groups is 1. The number of piperidine rings is 1. The molecule has 0 saturated carbocycles. The molecule has 6 rings (SSSR count). The average Bonchev–Trinajstić information content (AvgIpc) is 3.32. The molecule has 41 heavy (non-hydrogen) atoms. The third-order valence-electron chi connectivity index (χ3n) is 8.21. The number of fused-ring (bicyclic) bond motifs is 1. The van der Waals surface area contributed by atoms with Crippen molar-refractivity contribution in [2.45, 2.75) is 57.4 Å². The minimum Gasteiger partial charge on any atom is -0.478 e. The molecule has 2 aliphatic heterocycles. The Morgan fingerprint density at radius 1 is 1.10 bits per heavy atom. The van der Waals surface area contributed by atoms with Gasteiger partial charge in [0.25, 0.3) is 0 Å². The van der Waals surface area contributed by atoms with Crippen molar-refractivity contribution >= 4 is 17.0 Å². The van der Waals surface area contributed by atoms with Crippen molar-refractivity contribution in [2.75, 3.05) is 19.7 Å². The zero-order chi connectivity index (χ0) is 28.5. The molecule has 10 heteroatoms. The number of ether oxygens (including phenoxy) is 2. The standard InChI is InChI=1S/C31H32F2N4O4/c1-19(30-35-27-8-6-21(31(38)39)15-28(27)37(30)17-24-11-14-40-24)36-12-9-20(10-13-36)26-3-2-4-29(34-26)41-18-22-5-7-23(32)16-25(22)33/h2-8,15-16,19-20,24H,9-14,17-18H2,1H3,(H,38,39)/t19-,24-/m0/s1. The van der Waals surface area contributed by atoms with Gasteiger partial charge in [-0.05, 0) is 75.7 Å². The molecule has 0 bridgehead atoms. The molecule has 2 atom stereocenters. The van der Waals surface area contributed by atoms with Gasteiger partial charge in [-0.25, -0.2) is 23.5 Å². The van der Waals surface area contributed by atoms with Crippen LogP contribution in [0.15, 0.2) is 54.6 Å². The fourth-order valence-electron chi connectivity index (χ4n) is 5.69. The van der Waals surface area contributed by atoms with Crippen LogP contribution in [0.4, 0.5) is 8.78 Å². The second kappa shape index (κ2) is 11.5. The van der Waals surface area contributed by atoms with Gasteiger partial charge in [0.05, 0.1) is 35.3 Å². The Kier molecular flexibility index (Phi) is 7.68. The summed E-state index contributed by atoms with van der Waals surface area (Å²) in [6, 6.07) is 14.2. The predicted molar refractivity (Wildman–Crippen MR) is 148 cm³/mol. The first-order valence-electron chi connectivity index (χ1n) is 14.0. The maximum atomic E-state index is 14.0. The SMILES string of the molecule is C[C@@H](c1nc2ccc(C(=O)O)cc2n1C[C@@H]1CCO1)N1CCC(c2cccc(OCc3ccc(F)cc3F)n2)CC1. The first-order chi connectivity index (χ1) is 19.9. The molecule has 4 heterocycles. The fourth-order valence-corrected chi connectivity index (χ4v) is 5.69. The van der Waals surface area contributed by atoms with E-state index in [1.807, 2.05) is 12.1 Å². The molecule has 0 amide bonds. The Morgan fingerprint density at radius 3 is 2.61 bits per heavy atom. The van der Waals surface area contributed by atoms with Crippen molar-refractivity contribution < 1.29 is 28.2 Å². The number of imidazole rings is 1. The van der Waals surface area contributed by atoms with Crippen molar-refractivity contribution in [1.82, 2.24) is 19.4 Å². The van der Waals surface area contributed by atoms with Crippen LogP contribution in [0.3, 0.4) is 0 Å². The van der Waals surface area contributed by atoms with Crippen LogP contribution in [0, 0.1) is 11.6 Å². The van der Waals surface area contributed by atoms with Crippen LogP contribution < -0.4 is 4.74 Å². The summed E-state index contributed by atoms with van der Waals surface area (Å²) in [6.45, 7) is 5.22. The Labute approximate surface area is 236 Å². The van der Waals surface area contributed by atoms with Gasteiger partial charge in [-0.15, -0.1) is 0 Å². The summed E-state index contributed by atoms with van der Waals surface area (Å²) in [5, 5.41) is 9.53. The number of aromatic carboxylic acids is 1. The van der Waals surface area contributed by atoms with E-state index in [2.05, 4.69) is 21.4 Å². The average molecular weight is 563 g/mol. The normalized spacial score (nSPS) is 18.8. The van der Waals surface area contributed by atoms with E-state index in [-0.39, 0.29) is 35.8 Å². The number of pyridine rings is 1. The molecule has 2 aromatic heterocycles. The van der Waals surface area contributed by atoms with E-state index in [0.29, 0.717) is 12.4 Å². The third-order valence-corrected chi connectivity index (χ3v) is 8.21. The van der Waals surface area contributed by atoms with Gasteiger partial charge < -0.3 is 19.1 Å². The summed E-state index contributed by atoms with van der Waals surface area (Å²) in [5.41, 5.74) is 3.06. The van der Waals surface area contributed by atoms with Gasteiger partial charge in [0, 0.05) is 35.9 Å². The lowest BCUT2D eigenvalue weighted by molar-refractivity contribution is -0.0594. The van der Waals surface area contributed by atoms with E-state index in [4.69, 9.17) is 14.5 Å². The highest BCUT2D eigenvalue weighted by molar-refractivity contribution is 5.92. The lowest BCUT2D eigenvalue weighted by Gasteiger charge is -2.36. The van der Waals surface area contributed by atoms with Crippen LogP contribution in [0.2, 0.25) is 0 Å². The molecule has 0 unspecified atom stereocenters. The zero-order valence-electron chi connectivity index (χ0n) is 22.8. The van der Waals surface area contributed by atoms with E-state index in [1.54, 1.807) is 24.3 Å². The lowest BCUT2D eigenvalue weighted by Crippen LogP contribution is -2.37. The van der Waals surface area contributed by atoms with Crippen molar-refractivity contribution in [1.29, 1.82) is 0 Å². The maximum Gasteiger partial charge on any atom is 0.335 e. The predicted octanol–water partition coefficient (Wildman–Crippen LogP) is 5.72. The molecule has 0 aliphatic carbocycles. The fraction of sp³-hybridized carbons (Fsp3) is 0.387.